The number of aromatic carboxylic acids is 1. The van der Waals surface area contributed by atoms with E-state index in [9.17, 15) is 49.3 Å². The van der Waals surface area contributed by atoms with Gasteiger partial charge in [0.2, 0.25) is 5.91 Å². The van der Waals surface area contributed by atoms with E-state index in [0.717, 1.165) is 5.56 Å². The summed E-state index contributed by atoms with van der Waals surface area (Å²) in [5, 5.41) is 46.9. The summed E-state index contributed by atoms with van der Waals surface area (Å²) >= 11 is 0. The van der Waals surface area contributed by atoms with Gasteiger partial charge in [0.25, 0.3) is 11.8 Å². The Morgan fingerprint density at radius 2 is 1.34 bits per heavy atom. The number of nitrogens with one attached hydrogen (secondary N) is 3. The smallest absolute Gasteiger partial charge is 0.335 e. The molecule has 13 heteroatoms. The molecule has 59 heavy (non-hydrogen) atoms. The van der Waals surface area contributed by atoms with Crippen molar-refractivity contribution in [3.8, 4) is 17.6 Å². The van der Waals surface area contributed by atoms with Crippen LogP contribution in [-0.4, -0.2) is 50.6 Å². The Kier molecular flexibility index (Phi) is 13.5. The van der Waals surface area contributed by atoms with Crippen molar-refractivity contribution >= 4 is 58.4 Å². The van der Waals surface area contributed by atoms with Crippen LogP contribution in [0.1, 0.15) is 83.5 Å². The molecule has 0 saturated heterocycles. The van der Waals surface area contributed by atoms with Gasteiger partial charge in [0.15, 0.2) is 11.6 Å². The number of hydrogen-bond donors (Lipinski definition) is 6. The molecule has 0 radical (unpaired) electrons. The Hall–Kier alpha value is -7.85. The highest BCUT2D eigenvalue weighted by molar-refractivity contribution is 6.09. The molecule has 3 amide bonds. The molecule has 0 aromatic heterocycles. The van der Waals surface area contributed by atoms with E-state index in [1.165, 1.54) is 73.7 Å². The number of allylic oxidation sites excluding steroid dienone is 1. The molecule has 0 aliphatic carbocycles. The van der Waals surface area contributed by atoms with E-state index in [1.54, 1.807) is 56.3 Å². The molecular formula is C46H40N4O9. The molecule has 298 valence electrons. The lowest BCUT2D eigenvalue weighted by Gasteiger charge is -2.15. The highest BCUT2D eigenvalue weighted by Crippen LogP contribution is 2.31. The summed E-state index contributed by atoms with van der Waals surface area (Å²) in [6, 6.07) is 27.8. The fourth-order valence-electron chi connectivity index (χ4n) is 6.03. The maximum Gasteiger partial charge on any atom is 0.335 e. The number of carbonyl (C=O) groups is 6. The van der Waals surface area contributed by atoms with E-state index in [2.05, 4.69) is 16.0 Å². The maximum absolute atomic E-state index is 13.2. The number of nitriles is 1. The number of carbonyl (C=O) groups excluding carboxylic acids is 5. The van der Waals surface area contributed by atoms with Crippen LogP contribution in [0.15, 0.2) is 109 Å². The molecule has 5 rings (SSSR count). The number of anilines is 3. The number of aromatic hydroxyl groups is 2. The second-order valence-electron chi connectivity index (χ2n) is 13.8. The van der Waals surface area contributed by atoms with Crippen LogP contribution in [0.3, 0.4) is 0 Å². The molecule has 5 aromatic carbocycles. The Balaban J connectivity index is 1.15. The number of rotatable bonds is 15. The van der Waals surface area contributed by atoms with Crippen LogP contribution in [0.5, 0.6) is 11.5 Å². The first-order valence-corrected chi connectivity index (χ1v) is 18.3. The number of phenolic OH excluding ortho intramolecular Hbond substituents is 2. The molecule has 0 aliphatic rings. The number of ketones is 2. The molecule has 13 nitrogen and oxygen atoms in total. The van der Waals surface area contributed by atoms with E-state index in [-0.39, 0.29) is 70.3 Å². The summed E-state index contributed by atoms with van der Waals surface area (Å²) in [7, 11) is 0. The van der Waals surface area contributed by atoms with Gasteiger partial charge in [0.05, 0.1) is 23.1 Å². The normalized spacial score (nSPS) is 11.5. The molecule has 0 heterocycles. The molecule has 1 atom stereocenters. The van der Waals surface area contributed by atoms with Gasteiger partial charge in [-0.3, -0.25) is 24.0 Å². The summed E-state index contributed by atoms with van der Waals surface area (Å²) in [6.45, 7) is 4.87. The van der Waals surface area contributed by atoms with Crippen LogP contribution in [0.2, 0.25) is 0 Å². The quantitative estimate of drug-likeness (QED) is 0.0444. The van der Waals surface area contributed by atoms with Gasteiger partial charge in [-0.15, -0.1) is 0 Å². The number of Topliss-reactive ketones (excluding diaryl/α,β-unsaturated/α-hetero) is 2. The highest BCUT2D eigenvalue weighted by Gasteiger charge is 2.24. The molecular weight excluding hydrogens is 753 g/mol. The standard InChI is InChI=1S/C46H40N4O9/c1-26-23-34(46(58)59)12-18-38(26)49-45(57)37-17-19-39(28(3)42(37)54)50-43(55)32-10-13-35(14-11-32)48-44(56)33(20-21-47)25-41(53)31-8-4-30(5-9-31)24-40(52)27(2)22-29-6-15-36(51)16-7-29/h4-19,22-23,33,51,54H,20,24-25H2,1-3H3,(H,48,56)(H,49,57)(H,50,55)(H,58,59)/b27-22+. The van der Waals surface area contributed by atoms with Crippen molar-refractivity contribution in [1.82, 2.24) is 0 Å². The molecule has 5 aromatic rings. The van der Waals surface area contributed by atoms with Crippen LogP contribution in [0.4, 0.5) is 17.1 Å². The lowest BCUT2D eigenvalue weighted by molar-refractivity contribution is -0.119. The largest absolute Gasteiger partial charge is 0.508 e. The Labute approximate surface area is 339 Å². The number of hydrogen-bond acceptors (Lipinski definition) is 9. The number of phenols is 2. The fraction of sp³-hybridized carbons (Fsp3) is 0.152. The predicted octanol–water partition coefficient (Wildman–Crippen LogP) is 7.87. The van der Waals surface area contributed by atoms with Crippen LogP contribution in [0.25, 0.3) is 6.08 Å². The van der Waals surface area contributed by atoms with Crippen molar-refractivity contribution in [3.63, 3.8) is 0 Å². The number of carboxylic acids is 1. The number of carboxylic acid groups (broad SMARTS) is 1. The van der Waals surface area contributed by atoms with E-state index in [1.807, 2.05) is 6.07 Å². The van der Waals surface area contributed by atoms with Crippen molar-refractivity contribution in [2.75, 3.05) is 16.0 Å². The summed E-state index contributed by atoms with van der Waals surface area (Å²) < 4.78 is 0. The van der Waals surface area contributed by atoms with E-state index < -0.39 is 29.6 Å². The molecule has 0 bridgehead atoms. The third-order valence-corrected chi connectivity index (χ3v) is 9.56. The number of aryl methyl sites for hydroxylation is 1. The second kappa shape index (κ2) is 18.9. The summed E-state index contributed by atoms with van der Waals surface area (Å²) in [5.74, 6) is -4.51. The van der Waals surface area contributed by atoms with Gasteiger partial charge in [-0.25, -0.2) is 4.79 Å². The van der Waals surface area contributed by atoms with Gasteiger partial charge < -0.3 is 31.3 Å². The SMILES string of the molecule is C/C(=C\c1ccc(O)cc1)C(=O)Cc1ccc(C(=O)CC(CC#N)C(=O)Nc2ccc(C(=O)Nc3ccc(C(=O)Nc4ccc(C(=O)O)cc4C)c(O)c3C)cc2)cc1. The monoisotopic (exact) mass is 792 g/mol. The van der Waals surface area contributed by atoms with Gasteiger partial charge in [-0.1, -0.05) is 36.4 Å². The van der Waals surface area contributed by atoms with Gasteiger partial charge in [-0.05, 0) is 116 Å². The minimum Gasteiger partial charge on any atom is -0.508 e. The van der Waals surface area contributed by atoms with Crippen LogP contribution < -0.4 is 16.0 Å². The van der Waals surface area contributed by atoms with E-state index >= 15 is 0 Å². The Bertz CT molecular complexity index is 2520. The second-order valence-corrected chi connectivity index (χ2v) is 13.8. The van der Waals surface area contributed by atoms with Gasteiger partial charge in [0.1, 0.15) is 11.5 Å². The molecule has 0 aliphatic heterocycles. The van der Waals surface area contributed by atoms with Gasteiger partial charge in [-0.2, -0.15) is 5.26 Å². The molecule has 0 saturated carbocycles. The minimum atomic E-state index is -1.11. The topological polar surface area (TPSA) is 223 Å². The average molecular weight is 793 g/mol. The molecule has 6 N–H and O–H groups in total. The third kappa shape index (κ3) is 10.9. The van der Waals surface area contributed by atoms with Crippen LogP contribution in [-0.2, 0) is 16.0 Å². The van der Waals surface area contributed by atoms with E-state index in [0.29, 0.717) is 33.6 Å². The fourth-order valence-corrected chi connectivity index (χ4v) is 6.03. The first-order valence-electron chi connectivity index (χ1n) is 18.3. The zero-order chi connectivity index (χ0) is 42.8. The van der Waals surface area contributed by atoms with Crippen molar-refractivity contribution in [3.05, 3.63) is 153 Å². The lowest BCUT2D eigenvalue weighted by atomic mass is 9.94. The number of benzene rings is 5. The van der Waals surface area contributed by atoms with Crippen molar-refractivity contribution in [1.29, 1.82) is 5.26 Å². The Morgan fingerprint density at radius 3 is 1.97 bits per heavy atom. The highest BCUT2D eigenvalue weighted by atomic mass is 16.4. The van der Waals surface area contributed by atoms with Crippen molar-refractivity contribution < 1.29 is 44.1 Å². The van der Waals surface area contributed by atoms with Gasteiger partial charge in [0, 0.05) is 53.0 Å². The average Bonchev–Trinajstić information content (AvgIpc) is 3.21. The first-order chi connectivity index (χ1) is 28.1. The number of nitrogens with zero attached hydrogens (tertiary/aromatic N) is 1. The predicted molar refractivity (Wildman–Crippen MR) is 222 cm³/mol. The number of amides is 3. The third-order valence-electron chi connectivity index (χ3n) is 9.56. The maximum atomic E-state index is 13.2. The molecule has 0 spiro atoms. The molecule has 1 unspecified atom stereocenters. The molecule has 0 fully saturated rings. The lowest BCUT2D eigenvalue weighted by Crippen LogP contribution is -2.25. The first kappa shape index (κ1) is 42.3. The Morgan fingerprint density at radius 1 is 0.729 bits per heavy atom. The van der Waals surface area contributed by atoms with Crippen molar-refractivity contribution in [2.24, 2.45) is 5.92 Å². The zero-order valence-corrected chi connectivity index (χ0v) is 32.3. The van der Waals surface area contributed by atoms with Crippen LogP contribution in [0, 0.1) is 31.1 Å². The van der Waals surface area contributed by atoms with Gasteiger partial charge >= 0.3 is 5.97 Å². The minimum absolute atomic E-state index is 0.0623. The summed E-state index contributed by atoms with van der Waals surface area (Å²) in [6.07, 6.45) is 1.38. The zero-order valence-electron chi connectivity index (χ0n) is 32.3. The van der Waals surface area contributed by atoms with Crippen molar-refractivity contribution in [2.45, 2.75) is 40.0 Å². The summed E-state index contributed by atoms with van der Waals surface area (Å²) in [4.78, 5) is 76.4. The van der Waals surface area contributed by atoms with E-state index in [4.69, 9.17) is 0 Å². The van der Waals surface area contributed by atoms with Crippen LogP contribution >= 0.6 is 0 Å². The summed E-state index contributed by atoms with van der Waals surface area (Å²) in [5.41, 5.74) is 4.20.